The third kappa shape index (κ3) is 2.30. The number of benzene rings is 1. The molecule has 1 aromatic heterocycles. The molecule has 1 aromatic carbocycles. The molecule has 2 heterocycles. The zero-order valence-electron chi connectivity index (χ0n) is 11.4. The van der Waals surface area contributed by atoms with Crippen LogP contribution < -0.4 is 4.74 Å². The molecule has 3 rings (SSSR count). The van der Waals surface area contributed by atoms with Crippen LogP contribution in [0.3, 0.4) is 0 Å². The van der Waals surface area contributed by atoms with E-state index in [2.05, 4.69) is 20.9 Å². The Balaban J connectivity index is 2.24. The summed E-state index contributed by atoms with van der Waals surface area (Å²) in [6.45, 7) is 1.73. The van der Waals surface area contributed by atoms with Crippen LogP contribution in [0.1, 0.15) is 27.9 Å². The van der Waals surface area contributed by atoms with Crippen molar-refractivity contribution in [2.24, 2.45) is 0 Å². The normalized spacial score (nSPS) is 15.7. The molecule has 0 saturated carbocycles. The number of rotatable bonds is 1. The number of carbonyl (C=O) groups is 1. The maximum atomic E-state index is 11.7. The summed E-state index contributed by atoms with van der Waals surface area (Å²) in [5, 5.41) is 10.1. The second kappa shape index (κ2) is 5.13. The number of ether oxygens (including phenoxy) is 2. The Morgan fingerprint density at radius 3 is 2.90 bits per heavy atom. The van der Waals surface area contributed by atoms with E-state index in [-0.39, 0.29) is 0 Å². The highest BCUT2D eigenvalue weighted by molar-refractivity contribution is 9.10. The van der Waals surface area contributed by atoms with Crippen LogP contribution in [0.25, 0.3) is 11.3 Å². The SMILES string of the molecule is COC(=O)c1cc2c(nc1C)-c1cc(Br)ccc1O[C@H]2O. The highest BCUT2D eigenvalue weighted by Gasteiger charge is 2.28. The minimum Gasteiger partial charge on any atom is -0.465 e. The van der Waals surface area contributed by atoms with Crippen molar-refractivity contribution in [3.8, 4) is 17.0 Å². The second-order valence-electron chi connectivity index (χ2n) is 4.66. The number of pyridine rings is 1. The van der Waals surface area contributed by atoms with Crippen LogP contribution in [0.5, 0.6) is 5.75 Å². The Morgan fingerprint density at radius 2 is 2.19 bits per heavy atom. The van der Waals surface area contributed by atoms with Gasteiger partial charge in [0.15, 0.2) is 0 Å². The van der Waals surface area contributed by atoms with Crippen LogP contribution in [0.2, 0.25) is 0 Å². The molecule has 1 atom stereocenters. The first kappa shape index (κ1) is 14.0. The van der Waals surface area contributed by atoms with Gasteiger partial charge in [0.2, 0.25) is 6.29 Å². The summed E-state index contributed by atoms with van der Waals surface area (Å²) >= 11 is 3.40. The third-order valence-corrected chi connectivity index (χ3v) is 3.84. The van der Waals surface area contributed by atoms with Crippen LogP contribution in [0.4, 0.5) is 0 Å². The van der Waals surface area contributed by atoms with Gasteiger partial charge in [-0.2, -0.15) is 0 Å². The van der Waals surface area contributed by atoms with Gasteiger partial charge in [0.25, 0.3) is 0 Å². The molecule has 1 aliphatic heterocycles. The molecule has 0 aliphatic carbocycles. The fourth-order valence-corrected chi connectivity index (χ4v) is 2.68. The van der Waals surface area contributed by atoms with Gasteiger partial charge in [0.05, 0.1) is 24.1 Å². The van der Waals surface area contributed by atoms with E-state index in [1.54, 1.807) is 19.1 Å². The monoisotopic (exact) mass is 349 g/mol. The number of aromatic nitrogens is 1. The molecular weight excluding hydrogens is 338 g/mol. The van der Waals surface area contributed by atoms with Gasteiger partial charge in [-0.15, -0.1) is 0 Å². The van der Waals surface area contributed by atoms with E-state index in [4.69, 9.17) is 9.47 Å². The van der Waals surface area contributed by atoms with Crippen molar-refractivity contribution in [3.05, 3.63) is 45.6 Å². The number of fused-ring (bicyclic) bond motifs is 3. The van der Waals surface area contributed by atoms with Crippen molar-refractivity contribution < 1.29 is 19.4 Å². The number of hydrogen-bond acceptors (Lipinski definition) is 5. The maximum absolute atomic E-state index is 11.7. The fourth-order valence-electron chi connectivity index (χ4n) is 2.32. The molecule has 108 valence electrons. The average molecular weight is 350 g/mol. The smallest absolute Gasteiger partial charge is 0.339 e. The molecule has 0 saturated heterocycles. The van der Waals surface area contributed by atoms with Crippen LogP contribution in [0.15, 0.2) is 28.7 Å². The van der Waals surface area contributed by atoms with Gasteiger partial charge >= 0.3 is 5.97 Å². The number of halogens is 1. The number of aryl methyl sites for hydroxylation is 1. The Labute approximate surface area is 129 Å². The van der Waals surface area contributed by atoms with Gasteiger partial charge in [-0.25, -0.2) is 4.79 Å². The standard InChI is InChI=1S/C15H12BrNO4/c1-7-9(14(18)20-2)6-11-13(17-7)10-5-8(16)3-4-12(10)21-15(11)19/h3-6,15,19H,1-2H3/t15-/m1/s1. The first-order valence-corrected chi connectivity index (χ1v) is 7.05. The quantitative estimate of drug-likeness (QED) is 0.801. The van der Waals surface area contributed by atoms with Crippen molar-refractivity contribution in [1.29, 1.82) is 0 Å². The summed E-state index contributed by atoms with van der Waals surface area (Å²) in [6, 6.07) is 7.02. The lowest BCUT2D eigenvalue weighted by Gasteiger charge is -2.25. The van der Waals surface area contributed by atoms with Crippen molar-refractivity contribution in [1.82, 2.24) is 4.98 Å². The first-order valence-electron chi connectivity index (χ1n) is 6.25. The predicted molar refractivity (Wildman–Crippen MR) is 79.0 cm³/mol. The van der Waals surface area contributed by atoms with Crippen LogP contribution in [-0.2, 0) is 4.74 Å². The molecule has 0 fully saturated rings. The Morgan fingerprint density at radius 1 is 1.43 bits per heavy atom. The summed E-state index contributed by atoms with van der Waals surface area (Å²) in [4.78, 5) is 16.2. The Hall–Kier alpha value is -1.92. The maximum Gasteiger partial charge on any atom is 0.339 e. The van der Waals surface area contributed by atoms with Crippen LogP contribution in [0, 0.1) is 6.92 Å². The average Bonchev–Trinajstić information content (AvgIpc) is 2.47. The highest BCUT2D eigenvalue weighted by Crippen LogP contribution is 2.42. The minimum atomic E-state index is -1.16. The van der Waals surface area contributed by atoms with Gasteiger partial charge < -0.3 is 14.6 Å². The molecule has 1 aliphatic rings. The summed E-state index contributed by atoms with van der Waals surface area (Å²) < 4.78 is 11.1. The van der Waals surface area contributed by atoms with E-state index >= 15 is 0 Å². The number of nitrogens with zero attached hydrogens (tertiary/aromatic N) is 1. The summed E-state index contributed by atoms with van der Waals surface area (Å²) in [5.74, 6) is 0.0611. The number of methoxy groups -OCH3 is 1. The summed E-state index contributed by atoms with van der Waals surface area (Å²) in [7, 11) is 1.31. The largest absolute Gasteiger partial charge is 0.465 e. The predicted octanol–water partition coefficient (Wildman–Crippen LogP) is 2.99. The van der Waals surface area contributed by atoms with Crippen molar-refractivity contribution in [2.45, 2.75) is 13.2 Å². The summed E-state index contributed by atoms with van der Waals surface area (Å²) in [5.41, 5.74) is 2.68. The molecule has 0 spiro atoms. The third-order valence-electron chi connectivity index (χ3n) is 3.35. The lowest BCUT2D eigenvalue weighted by atomic mass is 9.99. The first-order chi connectivity index (χ1) is 10.0. The zero-order valence-corrected chi connectivity index (χ0v) is 13.0. The van der Waals surface area contributed by atoms with Crippen molar-refractivity contribution in [3.63, 3.8) is 0 Å². The van der Waals surface area contributed by atoms with E-state index in [9.17, 15) is 9.90 Å². The number of carbonyl (C=O) groups excluding carboxylic acids is 1. The molecule has 1 N–H and O–H groups in total. The Kier molecular flexibility index (Phi) is 3.43. The van der Waals surface area contributed by atoms with Crippen LogP contribution in [-0.4, -0.2) is 23.2 Å². The molecule has 2 aromatic rings. The zero-order chi connectivity index (χ0) is 15.1. The van der Waals surface area contributed by atoms with Crippen LogP contribution >= 0.6 is 15.9 Å². The molecular formula is C15H12BrNO4. The molecule has 6 heteroatoms. The van der Waals surface area contributed by atoms with Gasteiger partial charge in [-0.3, -0.25) is 4.98 Å². The summed E-state index contributed by atoms with van der Waals surface area (Å²) in [6.07, 6.45) is -1.16. The highest BCUT2D eigenvalue weighted by atomic mass is 79.9. The molecule has 21 heavy (non-hydrogen) atoms. The second-order valence-corrected chi connectivity index (χ2v) is 5.58. The van der Waals surface area contributed by atoms with Gasteiger partial charge in [0.1, 0.15) is 5.75 Å². The number of aliphatic hydroxyl groups excluding tert-OH is 1. The molecule has 0 bridgehead atoms. The lowest BCUT2D eigenvalue weighted by Crippen LogP contribution is -2.17. The van der Waals surface area contributed by atoms with E-state index in [0.717, 1.165) is 10.0 Å². The van der Waals surface area contributed by atoms with Gasteiger partial charge in [-0.05, 0) is 31.2 Å². The molecule has 0 unspecified atom stereocenters. The minimum absolute atomic E-state index is 0.317. The fraction of sp³-hybridized carbons (Fsp3) is 0.200. The molecule has 0 amide bonds. The Bertz CT molecular complexity index is 745. The van der Waals surface area contributed by atoms with Crippen molar-refractivity contribution >= 4 is 21.9 Å². The lowest BCUT2D eigenvalue weighted by molar-refractivity contribution is -0.0217. The number of hydrogen-bond donors (Lipinski definition) is 1. The van der Waals surface area contributed by atoms with E-state index in [1.165, 1.54) is 7.11 Å². The number of esters is 1. The topological polar surface area (TPSA) is 68.7 Å². The van der Waals surface area contributed by atoms with Gasteiger partial charge in [0, 0.05) is 15.6 Å². The van der Waals surface area contributed by atoms with E-state index in [0.29, 0.717) is 28.3 Å². The molecule has 5 nitrogen and oxygen atoms in total. The molecule has 0 radical (unpaired) electrons. The van der Waals surface area contributed by atoms with E-state index < -0.39 is 12.3 Å². The number of aliphatic hydroxyl groups is 1. The van der Waals surface area contributed by atoms with Gasteiger partial charge in [-0.1, -0.05) is 15.9 Å². The van der Waals surface area contributed by atoms with Crippen molar-refractivity contribution in [2.75, 3.05) is 7.11 Å². The van der Waals surface area contributed by atoms with E-state index in [1.807, 2.05) is 12.1 Å².